The first-order valence-corrected chi connectivity index (χ1v) is 13.3. The van der Waals surface area contributed by atoms with Crippen molar-refractivity contribution in [2.24, 2.45) is 0 Å². The van der Waals surface area contributed by atoms with Gasteiger partial charge >= 0.3 is 197 Å². The van der Waals surface area contributed by atoms with Crippen molar-refractivity contribution in [2.45, 2.75) is 12.8 Å². The summed E-state index contributed by atoms with van der Waals surface area (Å²) in [6, 6.07) is 0. The Morgan fingerprint density at radius 2 is 0.778 bits per heavy atom. The minimum atomic E-state index is -8.83. The molecule has 3 nitrogen and oxygen atoms in total. The third-order valence-corrected chi connectivity index (χ3v) is 11.4. The van der Waals surface area contributed by atoms with Gasteiger partial charge in [0.25, 0.3) is 0 Å². The third-order valence-electron chi connectivity index (χ3n) is 5.39. The summed E-state index contributed by atoms with van der Waals surface area (Å²) in [4.78, 5) is 0. The normalized spacial score (nSPS) is 15.4. The molecule has 36 heavy (non-hydrogen) atoms. The Kier molecular flexibility index (Phi) is 6.28. The van der Waals surface area contributed by atoms with Gasteiger partial charge in [0.05, 0.1) is 0 Å². The van der Waals surface area contributed by atoms with Gasteiger partial charge in [0.2, 0.25) is 0 Å². The Hall–Kier alpha value is -3.19. The van der Waals surface area contributed by atoms with E-state index in [1.165, 1.54) is 24.3 Å². The fourth-order valence-corrected chi connectivity index (χ4v) is 9.90. The van der Waals surface area contributed by atoms with Crippen molar-refractivity contribution >= 4 is 7.74 Å². The second-order valence-electron chi connectivity index (χ2n) is 7.61. The van der Waals surface area contributed by atoms with Gasteiger partial charge in [0.15, 0.2) is 0 Å². The fraction of sp³-hybridized carbons (Fsp3) is 0.0909. The average Bonchev–Trinajstić information content (AvgIpc) is 3.53. The predicted molar refractivity (Wildman–Crippen MR) is 98.3 cm³/mol. The number of allylic oxidation sites excluding steroid dienone is 6. The van der Waals surface area contributed by atoms with Crippen LogP contribution < -0.4 is 7.74 Å². The van der Waals surface area contributed by atoms with Gasteiger partial charge in [0, 0.05) is 0 Å². The molecule has 0 amide bonds. The van der Waals surface area contributed by atoms with E-state index in [2.05, 4.69) is 0 Å². The van der Waals surface area contributed by atoms with Crippen LogP contribution in [0.4, 0.5) is 43.9 Å². The van der Waals surface area contributed by atoms with E-state index in [0.717, 1.165) is 12.2 Å². The Morgan fingerprint density at radius 3 is 1.03 bits per heavy atom. The zero-order valence-electron chi connectivity index (χ0n) is 17.4. The summed E-state index contributed by atoms with van der Waals surface area (Å²) >= 11 is -8.83. The van der Waals surface area contributed by atoms with Crippen LogP contribution in [0.3, 0.4) is 0 Å². The maximum atomic E-state index is 15.1. The van der Waals surface area contributed by atoms with Crippen molar-refractivity contribution in [2.75, 3.05) is 0 Å². The number of hydrogen-bond donors (Lipinski definition) is 0. The van der Waals surface area contributed by atoms with Crippen molar-refractivity contribution in [3.63, 3.8) is 0 Å². The van der Waals surface area contributed by atoms with Crippen molar-refractivity contribution < 1.29 is 69.9 Å². The SMILES string of the molecule is [O]=[Ti]([O]C1=CC=CC1)([O]C1=CC=CC1)([c]1c(F)c(F)c(F)c(F)c1F)[c]1c(F)c(F)c(F)c(F)c1F. The monoisotopic (exact) mass is 560 g/mol. The molecule has 0 bridgehead atoms. The van der Waals surface area contributed by atoms with E-state index in [4.69, 9.17) is 6.64 Å². The molecule has 14 heteroatoms. The first-order valence-electron chi connectivity index (χ1n) is 9.84. The van der Waals surface area contributed by atoms with E-state index >= 15 is 17.6 Å². The fourth-order valence-electron chi connectivity index (χ4n) is 3.80. The van der Waals surface area contributed by atoms with E-state index in [1.807, 2.05) is 0 Å². The summed E-state index contributed by atoms with van der Waals surface area (Å²) in [7, 11) is 0. The summed E-state index contributed by atoms with van der Waals surface area (Å²) in [6.45, 7) is 0. The molecule has 0 aliphatic heterocycles. The zero-order chi connectivity index (χ0) is 26.6. The van der Waals surface area contributed by atoms with Crippen molar-refractivity contribution in [3.05, 3.63) is 106 Å². The van der Waals surface area contributed by atoms with Gasteiger partial charge in [-0.3, -0.25) is 0 Å². The summed E-state index contributed by atoms with van der Waals surface area (Å²) < 4.78 is 165. The summed E-state index contributed by atoms with van der Waals surface area (Å²) in [5.74, 6) is -29.4. The molecule has 0 fully saturated rings. The van der Waals surface area contributed by atoms with Crippen LogP contribution in [0.5, 0.6) is 0 Å². The topological polar surface area (TPSA) is 35.5 Å². The van der Waals surface area contributed by atoms with Crippen LogP contribution in [0.25, 0.3) is 0 Å². The van der Waals surface area contributed by atoms with Gasteiger partial charge in [-0.2, -0.15) is 0 Å². The number of hydrogen-bond acceptors (Lipinski definition) is 3. The molecule has 0 N–H and O–H groups in total. The second kappa shape index (κ2) is 8.73. The molecule has 2 aliphatic rings. The maximum absolute atomic E-state index is 15.1. The molecule has 0 saturated carbocycles. The van der Waals surface area contributed by atoms with Crippen LogP contribution in [0.15, 0.2) is 48.0 Å². The zero-order valence-corrected chi connectivity index (χ0v) is 18.9. The Morgan fingerprint density at radius 1 is 0.500 bits per heavy atom. The van der Waals surface area contributed by atoms with Crippen molar-refractivity contribution in [1.82, 2.24) is 0 Å². The molecule has 0 unspecified atom stereocenters. The van der Waals surface area contributed by atoms with E-state index in [0.29, 0.717) is 0 Å². The van der Waals surface area contributed by atoms with Gasteiger partial charge in [-0.05, 0) is 0 Å². The first kappa shape index (κ1) is 25.9. The van der Waals surface area contributed by atoms with E-state index in [-0.39, 0.29) is 0 Å². The van der Waals surface area contributed by atoms with E-state index in [1.54, 1.807) is 0 Å². The number of benzene rings is 2. The number of rotatable bonds is 6. The molecule has 0 saturated heterocycles. The van der Waals surface area contributed by atoms with Crippen LogP contribution in [0.2, 0.25) is 0 Å². The second-order valence-corrected chi connectivity index (χ2v) is 12.9. The molecule has 0 heterocycles. The average molecular weight is 560 g/mol. The Labute approximate surface area is 196 Å². The molecule has 0 radical (unpaired) electrons. The van der Waals surface area contributed by atoms with Gasteiger partial charge in [-0.1, -0.05) is 0 Å². The molecule has 4 rings (SSSR count). The third kappa shape index (κ3) is 3.63. The summed E-state index contributed by atoms with van der Waals surface area (Å²) in [6.07, 6.45) is 5.88. The molecular formula is C22H10F10O3Ti. The summed E-state index contributed by atoms with van der Waals surface area (Å²) in [5, 5.41) is 0. The van der Waals surface area contributed by atoms with Gasteiger partial charge < -0.3 is 0 Å². The Balaban J connectivity index is 2.28. The van der Waals surface area contributed by atoms with Gasteiger partial charge in [-0.25, -0.2) is 0 Å². The van der Waals surface area contributed by atoms with Crippen molar-refractivity contribution in [3.8, 4) is 0 Å². The molecule has 2 aliphatic carbocycles. The number of halogens is 10. The molecular weight excluding hydrogens is 550 g/mol. The van der Waals surface area contributed by atoms with Crippen LogP contribution in [0, 0.1) is 58.2 Å². The van der Waals surface area contributed by atoms with Crippen LogP contribution in [-0.2, 0) is 26.0 Å². The Bertz CT molecular complexity index is 1340. The van der Waals surface area contributed by atoms with Crippen molar-refractivity contribution in [1.29, 1.82) is 0 Å². The molecule has 2 aromatic rings. The molecule has 0 atom stereocenters. The van der Waals surface area contributed by atoms with E-state index in [9.17, 15) is 29.7 Å². The molecule has 2 aromatic carbocycles. The first-order chi connectivity index (χ1) is 16.8. The van der Waals surface area contributed by atoms with Gasteiger partial charge in [-0.15, -0.1) is 0 Å². The minimum absolute atomic E-state index is 0.410. The van der Waals surface area contributed by atoms with Crippen LogP contribution >= 0.6 is 0 Å². The van der Waals surface area contributed by atoms with Crippen LogP contribution in [-0.4, -0.2) is 0 Å². The quantitative estimate of drug-likeness (QED) is 0.200. The van der Waals surface area contributed by atoms with Gasteiger partial charge in [0.1, 0.15) is 0 Å². The molecule has 0 spiro atoms. The predicted octanol–water partition coefficient (Wildman–Crippen LogP) is 5.61. The molecule has 0 aromatic heterocycles. The standard InChI is InChI=1S/2C6F5.2C5H6O.O.Ti/c2*7-2-1-3(8)5(10)6(11)4(2)9;2*6-5-3-1-2-4-5;;/h;;2*1-3,6H,4H2;;/q;;;;;+2/p-2. The molecule has 190 valence electrons. The van der Waals surface area contributed by atoms with Crippen LogP contribution in [0.1, 0.15) is 12.8 Å². The summed E-state index contributed by atoms with van der Waals surface area (Å²) in [5.41, 5.74) is 0. The van der Waals surface area contributed by atoms with E-state index < -0.39 is 106 Å².